The van der Waals surface area contributed by atoms with Crippen LogP contribution < -0.4 is 10.5 Å². The van der Waals surface area contributed by atoms with Gasteiger partial charge >= 0.3 is 6.18 Å². The number of H-pyrrole nitrogens is 1. The van der Waals surface area contributed by atoms with E-state index in [2.05, 4.69) is 10.2 Å². The normalized spacial score (nSPS) is 16.3. The van der Waals surface area contributed by atoms with Gasteiger partial charge in [0.25, 0.3) is 0 Å². The van der Waals surface area contributed by atoms with Gasteiger partial charge in [-0.3, -0.25) is 5.10 Å². The lowest BCUT2D eigenvalue weighted by molar-refractivity contribution is -0.137. The van der Waals surface area contributed by atoms with Gasteiger partial charge < -0.3 is 14.9 Å². The Balaban J connectivity index is 1.81. The number of benzene rings is 1. The zero-order valence-corrected chi connectivity index (χ0v) is 15.5. The number of rotatable bonds is 2. The summed E-state index contributed by atoms with van der Waals surface area (Å²) in [7, 11) is 0. The van der Waals surface area contributed by atoms with Crippen molar-refractivity contribution < 1.29 is 22.3 Å². The Bertz CT molecular complexity index is 1190. The molecule has 0 fully saturated rings. The average Bonchev–Trinajstić information content (AvgIpc) is 3.27. The summed E-state index contributed by atoms with van der Waals surface area (Å²) in [5.41, 5.74) is 6.42. The number of nitrogens with two attached hydrogens (primary N) is 1. The highest BCUT2D eigenvalue weighted by Crippen LogP contribution is 2.44. The van der Waals surface area contributed by atoms with Crippen LogP contribution in [0.2, 0.25) is 5.02 Å². The van der Waals surface area contributed by atoms with Crippen LogP contribution in [0.4, 0.5) is 13.2 Å². The molecule has 3 heterocycles. The minimum absolute atomic E-state index is 0.111. The molecule has 0 amide bonds. The molecular weight excluding hydrogens is 409 g/mol. The molecule has 2 aromatic heterocycles. The molecule has 0 bridgehead atoms. The van der Waals surface area contributed by atoms with Crippen LogP contribution in [0.15, 0.2) is 46.2 Å². The number of hydrogen-bond donors (Lipinski definition) is 2. The van der Waals surface area contributed by atoms with E-state index >= 15 is 0 Å². The topological polar surface area (TPSA) is 101 Å². The molecular formula is C19H12ClF3N4O2. The van der Waals surface area contributed by atoms with E-state index < -0.39 is 22.7 Å². The minimum atomic E-state index is -4.60. The van der Waals surface area contributed by atoms with Crippen molar-refractivity contribution in [1.82, 2.24) is 10.2 Å². The molecule has 4 rings (SSSR count). The first-order valence-electron chi connectivity index (χ1n) is 8.30. The lowest BCUT2D eigenvalue weighted by atomic mass is 9.88. The van der Waals surface area contributed by atoms with Crippen LogP contribution in [-0.2, 0) is 6.18 Å². The van der Waals surface area contributed by atoms with E-state index in [1.54, 1.807) is 13.0 Å². The molecule has 10 heteroatoms. The standard InChI is InChI=1S/C19H12ClF3N4O2/c1-8-15-16(10(7-24)17(25)29-18(15)27-26-8)14-5-4-13(28-14)9-2-3-12(20)11(6-9)19(21,22)23/h2-6,16H,25H2,1H3,(H,26,27)/t16-/m1/s1. The second-order valence-corrected chi connectivity index (χ2v) is 6.79. The van der Waals surface area contributed by atoms with E-state index in [9.17, 15) is 18.4 Å². The molecule has 0 saturated heterocycles. The maximum absolute atomic E-state index is 13.2. The van der Waals surface area contributed by atoms with Crippen LogP contribution >= 0.6 is 11.6 Å². The Morgan fingerprint density at radius 1 is 1.28 bits per heavy atom. The first-order valence-corrected chi connectivity index (χ1v) is 8.67. The number of aromatic amines is 1. The third kappa shape index (κ3) is 3.11. The highest BCUT2D eigenvalue weighted by atomic mass is 35.5. The molecule has 3 N–H and O–H groups in total. The molecule has 0 radical (unpaired) electrons. The predicted molar refractivity (Wildman–Crippen MR) is 96.8 cm³/mol. The van der Waals surface area contributed by atoms with Gasteiger partial charge in [0, 0.05) is 11.3 Å². The second kappa shape index (κ2) is 6.60. The summed E-state index contributed by atoms with van der Waals surface area (Å²) in [5, 5.41) is 15.9. The van der Waals surface area contributed by atoms with Crippen molar-refractivity contribution in [3.63, 3.8) is 0 Å². The SMILES string of the molecule is Cc1[nH]nc2c1[C@@H](c1ccc(-c3ccc(Cl)c(C(F)(F)F)c3)o1)C(C#N)=C(N)O2. The molecule has 3 aromatic rings. The number of nitrogens with one attached hydrogen (secondary N) is 1. The number of aromatic nitrogens is 2. The van der Waals surface area contributed by atoms with Gasteiger partial charge in [0.1, 0.15) is 23.2 Å². The van der Waals surface area contributed by atoms with E-state index in [0.717, 1.165) is 12.1 Å². The van der Waals surface area contributed by atoms with Gasteiger partial charge in [-0.2, -0.15) is 18.4 Å². The molecule has 0 aliphatic carbocycles. The number of aryl methyl sites for hydroxylation is 1. The highest BCUT2D eigenvalue weighted by Gasteiger charge is 2.37. The fourth-order valence-corrected chi connectivity index (χ4v) is 3.47. The molecule has 1 atom stereocenters. The maximum Gasteiger partial charge on any atom is 0.417 e. The minimum Gasteiger partial charge on any atom is -0.460 e. The number of halogens is 4. The Hall–Kier alpha value is -3.38. The first kappa shape index (κ1) is 19.0. The molecule has 0 spiro atoms. The third-order valence-corrected chi connectivity index (χ3v) is 4.93. The molecule has 1 aromatic carbocycles. The first-order chi connectivity index (χ1) is 13.7. The van der Waals surface area contributed by atoms with E-state index in [-0.39, 0.29) is 28.7 Å². The van der Waals surface area contributed by atoms with Crippen molar-refractivity contribution in [2.75, 3.05) is 0 Å². The van der Waals surface area contributed by atoms with Gasteiger partial charge in [-0.1, -0.05) is 11.6 Å². The summed E-state index contributed by atoms with van der Waals surface area (Å²) in [5.74, 6) is -0.0944. The van der Waals surface area contributed by atoms with Crippen molar-refractivity contribution in [2.24, 2.45) is 5.73 Å². The number of nitriles is 1. The lowest BCUT2D eigenvalue weighted by Gasteiger charge is -2.21. The number of ether oxygens (including phenoxy) is 1. The number of nitrogens with zero attached hydrogens (tertiary/aromatic N) is 2. The van der Waals surface area contributed by atoms with Gasteiger partial charge in [0.15, 0.2) is 0 Å². The summed E-state index contributed by atoms with van der Waals surface area (Å²) in [6.45, 7) is 1.75. The third-order valence-electron chi connectivity index (χ3n) is 4.60. The van der Waals surface area contributed by atoms with E-state index in [4.69, 9.17) is 26.5 Å². The Morgan fingerprint density at radius 2 is 2.03 bits per heavy atom. The Morgan fingerprint density at radius 3 is 2.72 bits per heavy atom. The quantitative estimate of drug-likeness (QED) is 0.616. The molecule has 1 aliphatic rings. The Labute approximate surface area is 167 Å². The molecule has 29 heavy (non-hydrogen) atoms. The molecule has 148 valence electrons. The number of hydrogen-bond acceptors (Lipinski definition) is 5. The number of allylic oxidation sites excluding steroid dienone is 1. The predicted octanol–water partition coefficient (Wildman–Crippen LogP) is 4.87. The lowest BCUT2D eigenvalue weighted by Crippen LogP contribution is -2.20. The van der Waals surface area contributed by atoms with E-state index in [1.807, 2.05) is 6.07 Å². The maximum atomic E-state index is 13.2. The van der Waals surface area contributed by atoms with Gasteiger partial charge in [0.2, 0.25) is 11.8 Å². The van der Waals surface area contributed by atoms with Gasteiger partial charge in [-0.05, 0) is 37.3 Å². The summed E-state index contributed by atoms with van der Waals surface area (Å²) < 4.78 is 50.7. The number of alkyl halides is 3. The number of fused-ring (bicyclic) bond motifs is 1. The largest absolute Gasteiger partial charge is 0.460 e. The molecule has 1 aliphatic heterocycles. The van der Waals surface area contributed by atoms with Crippen molar-refractivity contribution in [3.05, 3.63) is 69.4 Å². The fraction of sp³-hybridized carbons (Fsp3) is 0.158. The van der Waals surface area contributed by atoms with Crippen molar-refractivity contribution in [2.45, 2.75) is 19.0 Å². The van der Waals surface area contributed by atoms with Crippen LogP contribution in [0.25, 0.3) is 11.3 Å². The van der Waals surface area contributed by atoms with Crippen LogP contribution in [0, 0.1) is 18.3 Å². The highest BCUT2D eigenvalue weighted by molar-refractivity contribution is 6.31. The van der Waals surface area contributed by atoms with Crippen molar-refractivity contribution >= 4 is 11.6 Å². The van der Waals surface area contributed by atoms with E-state index in [0.29, 0.717) is 17.0 Å². The Kier molecular flexibility index (Phi) is 4.31. The van der Waals surface area contributed by atoms with Gasteiger partial charge in [-0.15, -0.1) is 5.10 Å². The van der Waals surface area contributed by atoms with Gasteiger partial charge in [0.05, 0.1) is 22.1 Å². The monoisotopic (exact) mass is 420 g/mol. The van der Waals surface area contributed by atoms with Crippen LogP contribution in [0.3, 0.4) is 0 Å². The average molecular weight is 421 g/mol. The van der Waals surface area contributed by atoms with Crippen molar-refractivity contribution in [3.8, 4) is 23.3 Å². The molecule has 0 saturated carbocycles. The van der Waals surface area contributed by atoms with Crippen LogP contribution in [-0.4, -0.2) is 10.2 Å². The fourth-order valence-electron chi connectivity index (χ4n) is 3.24. The van der Waals surface area contributed by atoms with Crippen LogP contribution in [0.5, 0.6) is 5.88 Å². The summed E-state index contributed by atoms with van der Waals surface area (Å²) in [6.07, 6.45) is -4.60. The molecule has 0 unspecified atom stereocenters. The summed E-state index contributed by atoms with van der Waals surface area (Å²) in [6, 6.07) is 8.61. The second-order valence-electron chi connectivity index (χ2n) is 6.39. The summed E-state index contributed by atoms with van der Waals surface area (Å²) in [4.78, 5) is 0. The smallest absolute Gasteiger partial charge is 0.417 e. The molecule has 6 nitrogen and oxygen atoms in total. The zero-order valence-electron chi connectivity index (χ0n) is 14.8. The van der Waals surface area contributed by atoms with E-state index in [1.165, 1.54) is 12.1 Å². The van der Waals surface area contributed by atoms with Crippen molar-refractivity contribution in [1.29, 1.82) is 5.26 Å². The number of furan rings is 1. The zero-order chi connectivity index (χ0) is 20.9. The summed E-state index contributed by atoms with van der Waals surface area (Å²) >= 11 is 5.68. The van der Waals surface area contributed by atoms with Gasteiger partial charge in [-0.25, -0.2) is 0 Å². The van der Waals surface area contributed by atoms with Crippen LogP contribution in [0.1, 0.15) is 28.5 Å².